The molecule has 0 fully saturated rings. The third-order valence-corrected chi connectivity index (χ3v) is 4.97. The summed E-state index contributed by atoms with van der Waals surface area (Å²) in [6.45, 7) is 6.90. The summed E-state index contributed by atoms with van der Waals surface area (Å²) < 4.78 is 6.62. The number of rotatable bonds is 6. The normalized spacial score (nSPS) is 10.5. The van der Waals surface area contributed by atoms with Crippen molar-refractivity contribution in [3.05, 3.63) is 62.7 Å². The van der Waals surface area contributed by atoms with E-state index in [9.17, 15) is 9.59 Å². The second kappa shape index (κ2) is 9.56. The molecule has 0 atom stereocenters. The quantitative estimate of drug-likeness (QED) is 0.498. The Morgan fingerprint density at radius 2 is 1.58 bits per heavy atom. The van der Waals surface area contributed by atoms with E-state index in [4.69, 9.17) is 4.74 Å². The molecular formula is C20H23IN2O3. The smallest absolute Gasteiger partial charge is 0.269 e. The van der Waals surface area contributed by atoms with Crippen molar-refractivity contribution in [3.8, 4) is 5.75 Å². The van der Waals surface area contributed by atoms with Crippen LogP contribution >= 0.6 is 22.6 Å². The van der Waals surface area contributed by atoms with Crippen molar-refractivity contribution in [1.82, 2.24) is 10.9 Å². The zero-order valence-corrected chi connectivity index (χ0v) is 17.3. The molecule has 0 saturated carbocycles. The Hall–Kier alpha value is -2.09. The molecule has 0 aliphatic carbocycles. The van der Waals surface area contributed by atoms with Crippen LogP contribution in [0.4, 0.5) is 0 Å². The van der Waals surface area contributed by atoms with Crippen molar-refractivity contribution < 1.29 is 14.3 Å². The minimum Gasteiger partial charge on any atom is -0.494 e. The van der Waals surface area contributed by atoms with Gasteiger partial charge in [-0.05, 0) is 83.8 Å². The maximum Gasteiger partial charge on any atom is 0.269 e. The van der Waals surface area contributed by atoms with Gasteiger partial charge < -0.3 is 4.74 Å². The van der Waals surface area contributed by atoms with Gasteiger partial charge in [-0.3, -0.25) is 20.4 Å². The van der Waals surface area contributed by atoms with Gasteiger partial charge in [0, 0.05) is 14.7 Å². The number of hydrazine groups is 1. The predicted molar refractivity (Wildman–Crippen MR) is 110 cm³/mol. The third-order valence-electron chi connectivity index (χ3n) is 3.80. The van der Waals surface area contributed by atoms with E-state index in [2.05, 4.69) is 47.3 Å². The lowest BCUT2D eigenvalue weighted by atomic mass is 10.1. The zero-order chi connectivity index (χ0) is 19.1. The number of benzene rings is 2. The van der Waals surface area contributed by atoms with E-state index in [1.54, 1.807) is 36.4 Å². The Labute approximate surface area is 167 Å². The van der Waals surface area contributed by atoms with Gasteiger partial charge in [-0.25, -0.2) is 0 Å². The van der Waals surface area contributed by atoms with Crippen LogP contribution in [0.25, 0.3) is 0 Å². The summed E-state index contributed by atoms with van der Waals surface area (Å²) in [6, 6.07) is 12.2. The van der Waals surface area contributed by atoms with Gasteiger partial charge in [0.15, 0.2) is 0 Å². The maximum absolute atomic E-state index is 12.1. The largest absolute Gasteiger partial charge is 0.494 e. The van der Waals surface area contributed by atoms with Crippen LogP contribution in [-0.4, -0.2) is 18.4 Å². The number of carbonyl (C=O) groups excluding carboxylic acids is 2. The first-order valence-corrected chi connectivity index (χ1v) is 9.54. The highest BCUT2D eigenvalue weighted by Gasteiger charge is 2.10. The van der Waals surface area contributed by atoms with Gasteiger partial charge in [0.1, 0.15) is 5.75 Å². The molecule has 6 heteroatoms. The molecule has 2 N–H and O–H groups in total. The molecule has 0 spiro atoms. The fourth-order valence-electron chi connectivity index (χ4n) is 2.11. The van der Waals surface area contributed by atoms with Gasteiger partial charge in [-0.1, -0.05) is 19.9 Å². The first-order chi connectivity index (χ1) is 12.4. The standard InChI is InChI=1S/C20H23IN2O3/c1-13(2)10-11-26-17-8-6-15(7-9-17)19(24)22-23-20(25)16-5-4-14(3)18(21)12-16/h4-9,12-13H,10-11H2,1-3H3,(H,22,24)(H,23,25). The molecule has 26 heavy (non-hydrogen) atoms. The topological polar surface area (TPSA) is 67.4 Å². The van der Waals surface area contributed by atoms with E-state index in [0.29, 0.717) is 23.7 Å². The number of amides is 2. The molecule has 0 heterocycles. The fraction of sp³-hybridized carbons (Fsp3) is 0.300. The van der Waals surface area contributed by atoms with E-state index in [-0.39, 0.29) is 11.8 Å². The molecule has 2 aromatic carbocycles. The lowest BCUT2D eigenvalue weighted by molar-refractivity contribution is 0.0846. The van der Waals surface area contributed by atoms with E-state index in [0.717, 1.165) is 21.3 Å². The fourth-order valence-corrected chi connectivity index (χ4v) is 2.62. The van der Waals surface area contributed by atoms with Crippen molar-refractivity contribution in [2.45, 2.75) is 27.2 Å². The SMILES string of the molecule is Cc1ccc(C(=O)NNC(=O)c2ccc(OCCC(C)C)cc2)cc1I. The maximum atomic E-state index is 12.1. The molecule has 0 aliphatic heterocycles. The average molecular weight is 466 g/mol. The van der Waals surface area contributed by atoms with E-state index >= 15 is 0 Å². The Kier molecular flexibility index (Phi) is 7.44. The summed E-state index contributed by atoms with van der Waals surface area (Å²) in [4.78, 5) is 24.3. The van der Waals surface area contributed by atoms with Gasteiger partial charge in [0.25, 0.3) is 11.8 Å². The average Bonchev–Trinajstić information content (AvgIpc) is 2.62. The molecule has 138 valence electrons. The Balaban J connectivity index is 1.87. The first kappa shape index (κ1) is 20.2. The lowest BCUT2D eigenvalue weighted by Crippen LogP contribution is -2.41. The van der Waals surface area contributed by atoms with Crippen LogP contribution < -0.4 is 15.6 Å². The van der Waals surface area contributed by atoms with Crippen LogP contribution in [0.3, 0.4) is 0 Å². The van der Waals surface area contributed by atoms with Gasteiger partial charge in [-0.2, -0.15) is 0 Å². The number of nitrogens with one attached hydrogen (secondary N) is 2. The second-order valence-corrected chi connectivity index (χ2v) is 7.59. The predicted octanol–water partition coefficient (Wildman–Crippen LogP) is 4.10. The van der Waals surface area contributed by atoms with Gasteiger partial charge in [-0.15, -0.1) is 0 Å². The van der Waals surface area contributed by atoms with Crippen LogP contribution in [-0.2, 0) is 0 Å². The monoisotopic (exact) mass is 466 g/mol. The Morgan fingerprint density at radius 1 is 1.00 bits per heavy atom. The molecule has 2 rings (SSSR count). The second-order valence-electron chi connectivity index (χ2n) is 6.43. The van der Waals surface area contributed by atoms with Crippen molar-refractivity contribution >= 4 is 34.4 Å². The van der Waals surface area contributed by atoms with Crippen LogP contribution in [0.5, 0.6) is 5.75 Å². The molecule has 0 aliphatic rings. The van der Waals surface area contributed by atoms with Crippen molar-refractivity contribution in [2.24, 2.45) is 5.92 Å². The van der Waals surface area contributed by atoms with Gasteiger partial charge in [0.2, 0.25) is 0 Å². The minimum atomic E-state index is -0.381. The van der Waals surface area contributed by atoms with E-state index in [1.807, 2.05) is 13.0 Å². The van der Waals surface area contributed by atoms with E-state index < -0.39 is 0 Å². The summed E-state index contributed by atoms with van der Waals surface area (Å²) in [5.41, 5.74) is 6.90. The summed E-state index contributed by atoms with van der Waals surface area (Å²) in [5.74, 6) is 0.569. The molecule has 5 nitrogen and oxygen atoms in total. The minimum absolute atomic E-state index is 0.357. The van der Waals surface area contributed by atoms with Crippen LogP contribution in [0.15, 0.2) is 42.5 Å². The number of carbonyl (C=O) groups is 2. The summed E-state index contributed by atoms with van der Waals surface area (Å²) in [7, 11) is 0. The van der Waals surface area contributed by atoms with Crippen LogP contribution in [0.1, 0.15) is 46.5 Å². The highest BCUT2D eigenvalue weighted by Crippen LogP contribution is 2.14. The Bertz CT molecular complexity index is 773. The van der Waals surface area contributed by atoms with Crippen molar-refractivity contribution in [1.29, 1.82) is 0 Å². The molecular weight excluding hydrogens is 443 g/mol. The summed E-state index contributed by atoms with van der Waals surface area (Å²) >= 11 is 2.17. The number of ether oxygens (including phenoxy) is 1. The number of aryl methyl sites for hydroxylation is 1. The highest BCUT2D eigenvalue weighted by molar-refractivity contribution is 14.1. The number of halogens is 1. The van der Waals surface area contributed by atoms with E-state index in [1.165, 1.54) is 0 Å². The summed E-state index contributed by atoms with van der Waals surface area (Å²) in [5, 5.41) is 0. The number of hydrogen-bond acceptors (Lipinski definition) is 3. The van der Waals surface area contributed by atoms with Crippen molar-refractivity contribution in [3.63, 3.8) is 0 Å². The van der Waals surface area contributed by atoms with Crippen molar-refractivity contribution in [2.75, 3.05) is 6.61 Å². The lowest BCUT2D eigenvalue weighted by Gasteiger charge is -2.10. The molecule has 0 saturated heterocycles. The van der Waals surface area contributed by atoms with Crippen LogP contribution in [0.2, 0.25) is 0 Å². The Morgan fingerprint density at radius 3 is 2.15 bits per heavy atom. The van der Waals surface area contributed by atoms with Gasteiger partial charge >= 0.3 is 0 Å². The zero-order valence-electron chi connectivity index (χ0n) is 15.1. The molecule has 0 radical (unpaired) electrons. The first-order valence-electron chi connectivity index (χ1n) is 8.46. The summed E-state index contributed by atoms with van der Waals surface area (Å²) in [6.07, 6.45) is 0.978. The molecule has 2 amide bonds. The van der Waals surface area contributed by atoms with Gasteiger partial charge in [0.05, 0.1) is 6.61 Å². The van der Waals surface area contributed by atoms with Crippen LogP contribution in [0, 0.1) is 16.4 Å². The molecule has 0 unspecified atom stereocenters. The third kappa shape index (κ3) is 6.01. The highest BCUT2D eigenvalue weighted by atomic mass is 127. The molecule has 0 aromatic heterocycles. The molecule has 2 aromatic rings. The molecule has 0 bridgehead atoms. The number of hydrogen-bond donors (Lipinski definition) is 2.